The molecule has 1 aliphatic rings. The molecule has 1 aliphatic heterocycles. The van der Waals surface area contributed by atoms with Crippen LogP contribution in [0.15, 0.2) is 41.3 Å². The van der Waals surface area contributed by atoms with Gasteiger partial charge in [0.25, 0.3) is 5.91 Å². The molecule has 1 saturated heterocycles. The van der Waals surface area contributed by atoms with E-state index in [0.717, 1.165) is 12.8 Å². The molecular weight excluding hydrogens is 404 g/mol. The van der Waals surface area contributed by atoms with Crippen molar-refractivity contribution in [3.8, 4) is 11.5 Å². The van der Waals surface area contributed by atoms with E-state index in [-0.39, 0.29) is 16.2 Å². The average molecular weight is 425 g/mol. The lowest BCUT2D eigenvalue weighted by Crippen LogP contribution is -2.28. The monoisotopic (exact) mass is 424 g/mol. The molecule has 28 heavy (non-hydrogen) atoms. The molecule has 0 unspecified atom stereocenters. The van der Waals surface area contributed by atoms with E-state index in [4.69, 9.17) is 21.1 Å². The average Bonchev–Trinajstić information content (AvgIpc) is 3.23. The summed E-state index contributed by atoms with van der Waals surface area (Å²) in [5, 5.41) is 3.13. The molecule has 0 aliphatic carbocycles. The van der Waals surface area contributed by atoms with Gasteiger partial charge in [-0.2, -0.15) is 4.31 Å². The third kappa shape index (κ3) is 4.09. The van der Waals surface area contributed by atoms with Crippen LogP contribution in [0, 0.1) is 0 Å². The summed E-state index contributed by atoms with van der Waals surface area (Å²) in [6, 6.07) is 9.08. The lowest BCUT2D eigenvalue weighted by Gasteiger charge is -2.17. The quantitative estimate of drug-likeness (QED) is 0.768. The summed E-state index contributed by atoms with van der Waals surface area (Å²) in [5.41, 5.74) is 0.472. The minimum absolute atomic E-state index is 0.0541. The zero-order valence-corrected chi connectivity index (χ0v) is 17.1. The number of ether oxygens (including phenoxy) is 2. The maximum Gasteiger partial charge on any atom is 0.259 e. The second-order valence-electron chi connectivity index (χ2n) is 6.27. The van der Waals surface area contributed by atoms with Crippen LogP contribution < -0.4 is 14.8 Å². The number of nitrogens with zero attached hydrogens (tertiary/aromatic N) is 1. The molecule has 150 valence electrons. The van der Waals surface area contributed by atoms with E-state index < -0.39 is 15.9 Å². The number of methoxy groups -OCH3 is 2. The first kappa shape index (κ1) is 20.4. The van der Waals surface area contributed by atoms with Gasteiger partial charge in [0.05, 0.1) is 30.4 Å². The summed E-state index contributed by atoms with van der Waals surface area (Å²) < 4.78 is 37.6. The highest BCUT2D eigenvalue weighted by atomic mass is 35.5. The van der Waals surface area contributed by atoms with E-state index in [1.165, 1.54) is 36.7 Å². The van der Waals surface area contributed by atoms with Crippen LogP contribution in [0.25, 0.3) is 0 Å². The Morgan fingerprint density at radius 1 is 1.04 bits per heavy atom. The minimum Gasteiger partial charge on any atom is -0.496 e. The minimum atomic E-state index is -3.66. The Bertz CT molecular complexity index is 988. The molecule has 1 heterocycles. The second kappa shape index (κ2) is 8.38. The number of rotatable bonds is 6. The summed E-state index contributed by atoms with van der Waals surface area (Å²) in [4.78, 5) is 12.9. The summed E-state index contributed by atoms with van der Waals surface area (Å²) in [5.74, 6) is 0.160. The van der Waals surface area contributed by atoms with Crippen LogP contribution in [-0.4, -0.2) is 45.9 Å². The lowest BCUT2D eigenvalue weighted by molar-refractivity contribution is 0.102. The van der Waals surface area contributed by atoms with Crippen LogP contribution in [-0.2, 0) is 10.0 Å². The molecule has 2 aromatic carbocycles. The third-order valence-electron chi connectivity index (χ3n) is 4.53. The smallest absolute Gasteiger partial charge is 0.259 e. The maximum absolute atomic E-state index is 12.9. The van der Waals surface area contributed by atoms with Crippen molar-refractivity contribution in [2.75, 3.05) is 32.6 Å². The Kier molecular flexibility index (Phi) is 6.12. The number of carbonyl (C=O) groups is 1. The van der Waals surface area contributed by atoms with Crippen molar-refractivity contribution in [3.63, 3.8) is 0 Å². The van der Waals surface area contributed by atoms with Gasteiger partial charge in [0.2, 0.25) is 10.0 Å². The van der Waals surface area contributed by atoms with E-state index in [9.17, 15) is 13.2 Å². The Labute approximate surface area is 169 Å². The van der Waals surface area contributed by atoms with Crippen molar-refractivity contribution in [3.05, 3.63) is 47.0 Å². The summed E-state index contributed by atoms with van der Waals surface area (Å²) >= 11 is 6.00. The number of nitrogens with one attached hydrogen (secondary N) is 1. The number of benzene rings is 2. The fraction of sp³-hybridized carbons (Fsp3) is 0.316. The Morgan fingerprint density at radius 2 is 1.68 bits per heavy atom. The first-order valence-electron chi connectivity index (χ1n) is 8.70. The highest BCUT2D eigenvalue weighted by Gasteiger charge is 2.28. The molecule has 0 saturated carbocycles. The summed E-state index contributed by atoms with van der Waals surface area (Å²) in [7, 11) is -0.768. The van der Waals surface area contributed by atoms with Crippen LogP contribution in [0.5, 0.6) is 11.5 Å². The van der Waals surface area contributed by atoms with E-state index in [2.05, 4.69) is 5.32 Å². The van der Waals surface area contributed by atoms with E-state index in [1.54, 1.807) is 18.2 Å². The molecule has 0 spiro atoms. The summed E-state index contributed by atoms with van der Waals surface area (Å²) in [6.45, 7) is 0.964. The van der Waals surface area contributed by atoms with Crippen molar-refractivity contribution in [1.82, 2.24) is 4.31 Å². The Morgan fingerprint density at radius 3 is 2.32 bits per heavy atom. The SMILES string of the molecule is COc1ccc(Cl)cc1NC(=O)c1cc(S(=O)(=O)N2CCCC2)ccc1OC. The topological polar surface area (TPSA) is 84.9 Å². The predicted octanol–water partition coefficient (Wildman–Crippen LogP) is 3.39. The van der Waals surface area contributed by atoms with Crippen molar-refractivity contribution < 1.29 is 22.7 Å². The number of sulfonamides is 1. The van der Waals surface area contributed by atoms with Crippen molar-refractivity contribution in [2.45, 2.75) is 17.7 Å². The molecule has 3 rings (SSSR count). The fourth-order valence-corrected chi connectivity index (χ4v) is 4.79. The molecule has 1 amide bonds. The van der Waals surface area contributed by atoms with Crippen LogP contribution in [0.3, 0.4) is 0 Å². The summed E-state index contributed by atoms with van der Waals surface area (Å²) in [6.07, 6.45) is 1.66. The van der Waals surface area contributed by atoms with Crippen LogP contribution in [0.4, 0.5) is 5.69 Å². The normalized spacial score (nSPS) is 14.7. The highest BCUT2D eigenvalue weighted by Crippen LogP contribution is 2.31. The van der Waals surface area contributed by atoms with Crippen molar-refractivity contribution in [1.29, 1.82) is 0 Å². The largest absolute Gasteiger partial charge is 0.496 e. The van der Waals surface area contributed by atoms with Gasteiger partial charge in [-0.15, -0.1) is 0 Å². The van der Waals surface area contributed by atoms with Crippen molar-refractivity contribution in [2.24, 2.45) is 0 Å². The van der Waals surface area contributed by atoms with Crippen LogP contribution in [0.1, 0.15) is 23.2 Å². The van der Waals surface area contributed by atoms with Gasteiger partial charge >= 0.3 is 0 Å². The van der Waals surface area contributed by atoms with E-state index in [1.807, 2.05) is 0 Å². The zero-order chi connectivity index (χ0) is 20.3. The number of halogens is 1. The predicted molar refractivity (Wildman–Crippen MR) is 107 cm³/mol. The molecule has 0 atom stereocenters. The molecule has 0 radical (unpaired) electrons. The number of anilines is 1. The molecule has 9 heteroatoms. The van der Waals surface area contributed by atoms with Crippen molar-refractivity contribution >= 4 is 33.2 Å². The van der Waals surface area contributed by atoms with Gasteiger partial charge in [0.1, 0.15) is 11.5 Å². The Balaban J connectivity index is 1.96. The molecule has 1 N–H and O–H groups in total. The van der Waals surface area contributed by atoms with Gasteiger partial charge in [-0.1, -0.05) is 11.6 Å². The molecule has 0 bridgehead atoms. The number of carbonyl (C=O) groups excluding carboxylic acids is 1. The first-order chi connectivity index (χ1) is 13.4. The van der Waals surface area contributed by atoms with Gasteiger partial charge < -0.3 is 14.8 Å². The first-order valence-corrected chi connectivity index (χ1v) is 10.5. The molecule has 2 aromatic rings. The van der Waals surface area contributed by atoms with E-state index >= 15 is 0 Å². The standard InChI is InChI=1S/C19H21ClN2O5S/c1-26-17-8-6-14(28(24,25)22-9-3-4-10-22)12-15(17)19(23)21-16-11-13(20)5-7-18(16)27-2/h5-8,11-12H,3-4,9-10H2,1-2H3,(H,21,23). The number of amides is 1. The van der Waals surface area contributed by atoms with E-state index in [0.29, 0.717) is 29.5 Å². The van der Waals surface area contributed by atoms with Gasteiger partial charge in [-0.3, -0.25) is 4.79 Å². The number of hydrogen-bond acceptors (Lipinski definition) is 5. The highest BCUT2D eigenvalue weighted by molar-refractivity contribution is 7.89. The molecule has 0 aromatic heterocycles. The van der Waals surface area contributed by atoms with Crippen LogP contribution >= 0.6 is 11.6 Å². The van der Waals surface area contributed by atoms with Gasteiger partial charge in [-0.05, 0) is 49.2 Å². The fourth-order valence-electron chi connectivity index (χ4n) is 3.07. The Hall–Kier alpha value is -2.29. The number of hydrogen-bond donors (Lipinski definition) is 1. The molecular formula is C19H21ClN2O5S. The van der Waals surface area contributed by atoms with Crippen LogP contribution in [0.2, 0.25) is 5.02 Å². The zero-order valence-electron chi connectivity index (χ0n) is 15.6. The van der Waals surface area contributed by atoms with Gasteiger partial charge in [0.15, 0.2) is 0 Å². The molecule has 7 nitrogen and oxygen atoms in total. The van der Waals surface area contributed by atoms with Gasteiger partial charge in [-0.25, -0.2) is 8.42 Å². The van der Waals surface area contributed by atoms with Gasteiger partial charge in [0, 0.05) is 18.1 Å². The maximum atomic E-state index is 12.9. The lowest BCUT2D eigenvalue weighted by atomic mass is 10.1. The third-order valence-corrected chi connectivity index (χ3v) is 6.66. The second-order valence-corrected chi connectivity index (χ2v) is 8.65. The molecule has 1 fully saturated rings.